The summed E-state index contributed by atoms with van der Waals surface area (Å²) < 4.78 is 5.09. The van der Waals surface area contributed by atoms with E-state index in [0.29, 0.717) is 23.7 Å². The summed E-state index contributed by atoms with van der Waals surface area (Å²) >= 11 is 0. The van der Waals surface area contributed by atoms with Gasteiger partial charge in [-0.25, -0.2) is 0 Å². The van der Waals surface area contributed by atoms with Crippen LogP contribution in [0, 0.1) is 0 Å². The van der Waals surface area contributed by atoms with Gasteiger partial charge in [-0.2, -0.15) is 0 Å². The van der Waals surface area contributed by atoms with E-state index in [1.807, 2.05) is 42.5 Å². The largest absolute Gasteiger partial charge is 0.459 e. The highest BCUT2D eigenvalue weighted by Gasteiger charge is 2.26. The molecule has 2 aromatic carbocycles. The molecule has 2 heterocycles. The van der Waals surface area contributed by atoms with Crippen LogP contribution in [0.3, 0.4) is 0 Å². The first-order valence-corrected chi connectivity index (χ1v) is 10.3. The predicted molar refractivity (Wildman–Crippen MR) is 118 cm³/mol. The third-order valence-electron chi connectivity index (χ3n) is 5.39. The molecule has 154 valence electrons. The Kier molecular flexibility index (Phi) is 4.96. The van der Waals surface area contributed by atoms with E-state index in [9.17, 15) is 9.59 Å². The molecule has 1 saturated carbocycles. The van der Waals surface area contributed by atoms with Gasteiger partial charge in [0.1, 0.15) is 0 Å². The predicted octanol–water partition coefficient (Wildman–Crippen LogP) is 4.89. The highest BCUT2D eigenvalue weighted by molar-refractivity contribution is 6.06. The van der Waals surface area contributed by atoms with Crippen molar-refractivity contribution in [2.75, 3.05) is 5.32 Å². The molecule has 0 spiro atoms. The Morgan fingerprint density at radius 2 is 1.77 bits per heavy atom. The van der Waals surface area contributed by atoms with Crippen LogP contribution in [0.4, 0.5) is 5.69 Å². The average molecular weight is 411 g/mol. The number of anilines is 1. The second-order valence-electron chi connectivity index (χ2n) is 7.70. The second kappa shape index (κ2) is 8.07. The van der Waals surface area contributed by atoms with Gasteiger partial charge in [0, 0.05) is 29.2 Å². The van der Waals surface area contributed by atoms with Gasteiger partial charge in [-0.15, -0.1) is 0 Å². The molecule has 1 aliphatic rings. The van der Waals surface area contributed by atoms with Gasteiger partial charge >= 0.3 is 0 Å². The number of aromatic nitrogens is 1. The van der Waals surface area contributed by atoms with E-state index in [0.717, 1.165) is 35.0 Å². The highest BCUT2D eigenvalue weighted by Crippen LogP contribution is 2.40. The Morgan fingerprint density at radius 1 is 0.968 bits per heavy atom. The number of nitrogens with one attached hydrogen (secondary N) is 2. The van der Waals surface area contributed by atoms with Crippen LogP contribution in [0.25, 0.3) is 10.9 Å². The molecule has 0 saturated heterocycles. The number of para-hydroxylation sites is 1. The number of hydrogen-bond acceptors (Lipinski definition) is 4. The molecule has 5 rings (SSSR count). The van der Waals surface area contributed by atoms with Gasteiger partial charge in [-0.1, -0.05) is 30.3 Å². The maximum atomic E-state index is 13.0. The number of pyridine rings is 1. The lowest BCUT2D eigenvalue weighted by Crippen LogP contribution is -2.23. The number of fused-ring (bicyclic) bond motifs is 1. The molecular formula is C25H21N3O3. The fraction of sp³-hybridized carbons (Fsp3) is 0.160. The molecule has 2 aromatic heterocycles. The Hall–Kier alpha value is -3.93. The third-order valence-corrected chi connectivity index (χ3v) is 5.39. The quantitative estimate of drug-likeness (QED) is 0.473. The molecule has 6 nitrogen and oxygen atoms in total. The first-order chi connectivity index (χ1) is 15.2. The molecule has 2 amide bonds. The summed E-state index contributed by atoms with van der Waals surface area (Å²) in [5.74, 6) is 0.310. The lowest BCUT2D eigenvalue weighted by atomic mass is 10.1. The van der Waals surface area contributed by atoms with Crippen molar-refractivity contribution in [2.45, 2.75) is 25.3 Å². The number of rotatable bonds is 6. The van der Waals surface area contributed by atoms with Crippen molar-refractivity contribution >= 4 is 28.4 Å². The van der Waals surface area contributed by atoms with Gasteiger partial charge in [-0.3, -0.25) is 14.6 Å². The molecule has 0 radical (unpaired) electrons. The van der Waals surface area contributed by atoms with E-state index in [4.69, 9.17) is 9.40 Å². The summed E-state index contributed by atoms with van der Waals surface area (Å²) in [5.41, 5.74) is 4.11. The average Bonchev–Trinajstić information content (AvgIpc) is 3.51. The number of amides is 2. The van der Waals surface area contributed by atoms with Gasteiger partial charge in [0.2, 0.25) is 0 Å². The van der Waals surface area contributed by atoms with Crippen LogP contribution >= 0.6 is 0 Å². The minimum absolute atomic E-state index is 0.115. The standard InChI is InChI=1S/C25H21N3O3/c29-24(20-14-22(17-9-10-17)28-21-5-2-1-4-19(20)21)26-15-16-7-11-18(12-8-16)27-25(30)23-6-3-13-31-23/h1-8,11-14,17H,9-10,15H2,(H,26,29)(H,27,30). The van der Waals surface area contributed by atoms with Gasteiger partial charge in [0.25, 0.3) is 11.8 Å². The number of furan rings is 1. The van der Waals surface area contributed by atoms with Crippen molar-refractivity contribution in [3.05, 3.63) is 95.6 Å². The van der Waals surface area contributed by atoms with Crippen molar-refractivity contribution in [3.8, 4) is 0 Å². The summed E-state index contributed by atoms with van der Waals surface area (Å²) in [6, 6.07) is 20.3. The maximum Gasteiger partial charge on any atom is 0.291 e. The monoisotopic (exact) mass is 411 g/mol. The summed E-state index contributed by atoms with van der Waals surface area (Å²) in [5, 5.41) is 6.65. The molecule has 0 aliphatic heterocycles. The summed E-state index contributed by atoms with van der Waals surface area (Å²) in [6.07, 6.45) is 3.73. The topological polar surface area (TPSA) is 84.2 Å². The molecule has 0 unspecified atom stereocenters. The zero-order valence-corrected chi connectivity index (χ0v) is 16.8. The number of carbonyl (C=O) groups is 2. The first kappa shape index (κ1) is 19.1. The molecule has 2 N–H and O–H groups in total. The van der Waals surface area contributed by atoms with Crippen molar-refractivity contribution in [2.24, 2.45) is 0 Å². The van der Waals surface area contributed by atoms with Crippen molar-refractivity contribution in [1.29, 1.82) is 0 Å². The molecule has 0 atom stereocenters. The number of carbonyl (C=O) groups excluding carboxylic acids is 2. The van der Waals surface area contributed by atoms with E-state index in [1.54, 1.807) is 24.3 Å². The highest BCUT2D eigenvalue weighted by atomic mass is 16.3. The minimum Gasteiger partial charge on any atom is -0.459 e. The smallest absolute Gasteiger partial charge is 0.291 e. The van der Waals surface area contributed by atoms with Crippen molar-refractivity contribution in [3.63, 3.8) is 0 Å². The zero-order chi connectivity index (χ0) is 21.2. The number of hydrogen-bond donors (Lipinski definition) is 2. The van der Waals surface area contributed by atoms with Crippen molar-refractivity contribution in [1.82, 2.24) is 10.3 Å². The van der Waals surface area contributed by atoms with E-state index in [1.165, 1.54) is 6.26 Å². The first-order valence-electron chi connectivity index (χ1n) is 10.3. The van der Waals surface area contributed by atoms with Crippen LogP contribution in [0.5, 0.6) is 0 Å². The van der Waals surface area contributed by atoms with Gasteiger partial charge < -0.3 is 15.1 Å². The van der Waals surface area contributed by atoms with Gasteiger partial charge in [-0.05, 0) is 54.8 Å². The van der Waals surface area contributed by atoms with Crippen LogP contribution in [-0.2, 0) is 6.54 Å². The SMILES string of the molecule is O=C(Nc1ccc(CNC(=O)c2cc(C3CC3)nc3ccccc23)cc1)c1ccco1. The number of nitrogens with zero attached hydrogens (tertiary/aromatic N) is 1. The molecule has 0 bridgehead atoms. The summed E-state index contributed by atoms with van der Waals surface area (Å²) in [6.45, 7) is 0.390. The summed E-state index contributed by atoms with van der Waals surface area (Å²) in [7, 11) is 0. The Morgan fingerprint density at radius 3 is 2.52 bits per heavy atom. The number of benzene rings is 2. The molecule has 6 heteroatoms. The van der Waals surface area contributed by atoms with E-state index in [2.05, 4.69) is 10.6 Å². The Labute approximate surface area is 179 Å². The van der Waals surface area contributed by atoms with Crippen LogP contribution in [0.15, 0.2) is 77.4 Å². The fourth-order valence-electron chi connectivity index (χ4n) is 3.56. The van der Waals surface area contributed by atoms with Crippen LogP contribution in [-0.4, -0.2) is 16.8 Å². The summed E-state index contributed by atoms with van der Waals surface area (Å²) in [4.78, 5) is 29.7. The molecule has 31 heavy (non-hydrogen) atoms. The van der Waals surface area contributed by atoms with Crippen LogP contribution in [0.1, 0.15) is 50.9 Å². The molecule has 1 fully saturated rings. The lowest BCUT2D eigenvalue weighted by Gasteiger charge is -2.11. The Bertz CT molecular complexity index is 1240. The van der Waals surface area contributed by atoms with E-state index < -0.39 is 0 Å². The normalized spacial score (nSPS) is 13.2. The van der Waals surface area contributed by atoms with Crippen molar-refractivity contribution < 1.29 is 14.0 Å². The van der Waals surface area contributed by atoms with Gasteiger partial charge in [0.15, 0.2) is 5.76 Å². The van der Waals surface area contributed by atoms with Crippen LogP contribution in [0.2, 0.25) is 0 Å². The molecule has 4 aromatic rings. The fourth-order valence-corrected chi connectivity index (χ4v) is 3.56. The zero-order valence-electron chi connectivity index (χ0n) is 16.8. The lowest BCUT2D eigenvalue weighted by molar-refractivity contribution is 0.0951. The third kappa shape index (κ3) is 4.19. The van der Waals surface area contributed by atoms with Crippen LogP contribution < -0.4 is 10.6 Å². The minimum atomic E-state index is -0.304. The second-order valence-corrected chi connectivity index (χ2v) is 7.70. The maximum absolute atomic E-state index is 13.0. The van der Waals surface area contributed by atoms with Gasteiger partial charge in [0.05, 0.1) is 17.3 Å². The van der Waals surface area contributed by atoms with E-state index in [-0.39, 0.29) is 17.6 Å². The molecule has 1 aliphatic carbocycles. The molecular weight excluding hydrogens is 390 g/mol. The van der Waals surface area contributed by atoms with E-state index >= 15 is 0 Å². The Balaban J connectivity index is 1.27.